The van der Waals surface area contributed by atoms with E-state index in [1.54, 1.807) is 12.1 Å². The maximum atomic E-state index is 13.2. The number of aryl methyl sites for hydroxylation is 1. The molecule has 0 aliphatic carbocycles. The molecule has 0 saturated heterocycles. The highest BCUT2D eigenvalue weighted by Crippen LogP contribution is 2.31. The third-order valence-corrected chi connectivity index (χ3v) is 3.05. The first kappa shape index (κ1) is 12.2. The lowest BCUT2D eigenvalue weighted by atomic mass is 9.83. The fraction of sp³-hybridized carbons (Fsp3) is 0.571. The molecule has 0 aliphatic heterocycles. The molecule has 1 heteroatoms. The van der Waals surface area contributed by atoms with E-state index in [4.69, 9.17) is 0 Å². The molecule has 0 aliphatic rings. The van der Waals surface area contributed by atoms with Crippen molar-refractivity contribution in [1.29, 1.82) is 0 Å². The van der Waals surface area contributed by atoms with Crippen LogP contribution >= 0.6 is 0 Å². The number of halogens is 1. The fourth-order valence-electron chi connectivity index (χ4n) is 2.17. The second kappa shape index (κ2) is 5.29. The molecule has 0 nitrogen and oxygen atoms in total. The van der Waals surface area contributed by atoms with E-state index in [2.05, 4.69) is 27.7 Å². The Labute approximate surface area is 92.5 Å². The van der Waals surface area contributed by atoms with Gasteiger partial charge in [0.05, 0.1) is 0 Å². The summed E-state index contributed by atoms with van der Waals surface area (Å²) in [7, 11) is 0. The van der Waals surface area contributed by atoms with E-state index >= 15 is 0 Å². The van der Waals surface area contributed by atoms with Crippen molar-refractivity contribution in [3.05, 3.63) is 35.1 Å². The Bertz CT molecular complexity index is 315. The van der Waals surface area contributed by atoms with Crippen LogP contribution in [0, 0.1) is 18.7 Å². The highest BCUT2D eigenvalue weighted by Gasteiger charge is 2.17. The summed E-state index contributed by atoms with van der Waals surface area (Å²) in [6.07, 6.45) is 2.29. The molecular weight excluding hydrogens is 187 g/mol. The van der Waals surface area contributed by atoms with Crippen LogP contribution in [0.5, 0.6) is 0 Å². The van der Waals surface area contributed by atoms with Gasteiger partial charge >= 0.3 is 0 Å². The van der Waals surface area contributed by atoms with Crippen molar-refractivity contribution in [3.63, 3.8) is 0 Å². The molecule has 0 N–H and O–H groups in total. The summed E-state index contributed by atoms with van der Waals surface area (Å²) in [6, 6.07) is 5.13. The van der Waals surface area contributed by atoms with E-state index in [1.807, 2.05) is 6.07 Å². The minimum Gasteiger partial charge on any atom is -0.207 e. The second-order valence-corrected chi connectivity index (χ2v) is 4.64. The third-order valence-electron chi connectivity index (χ3n) is 3.05. The molecule has 1 unspecified atom stereocenters. The smallest absolute Gasteiger partial charge is 0.123 e. The van der Waals surface area contributed by atoms with Gasteiger partial charge in [-0.2, -0.15) is 0 Å². The molecule has 1 aromatic carbocycles. The third kappa shape index (κ3) is 3.05. The Kier molecular flexibility index (Phi) is 4.31. The molecule has 1 atom stereocenters. The predicted octanol–water partition coefficient (Wildman–Crippen LogP) is 4.67. The zero-order valence-electron chi connectivity index (χ0n) is 10.2. The number of benzene rings is 1. The van der Waals surface area contributed by atoms with Crippen molar-refractivity contribution in [2.45, 2.75) is 46.5 Å². The van der Waals surface area contributed by atoms with Crippen LogP contribution in [0.3, 0.4) is 0 Å². The van der Waals surface area contributed by atoms with Crippen molar-refractivity contribution >= 4 is 0 Å². The molecule has 1 aromatic rings. The quantitative estimate of drug-likeness (QED) is 0.674. The van der Waals surface area contributed by atoms with Gasteiger partial charge in [-0.3, -0.25) is 0 Å². The van der Waals surface area contributed by atoms with Crippen molar-refractivity contribution < 1.29 is 4.39 Å². The Morgan fingerprint density at radius 3 is 2.47 bits per heavy atom. The van der Waals surface area contributed by atoms with Crippen molar-refractivity contribution in [2.75, 3.05) is 0 Å². The molecule has 0 radical (unpaired) electrons. The summed E-state index contributed by atoms with van der Waals surface area (Å²) < 4.78 is 13.2. The van der Waals surface area contributed by atoms with Gasteiger partial charge < -0.3 is 0 Å². The van der Waals surface area contributed by atoms with Gasteiger partial charge in [0.2, 0.25) is 0 Å². The lowest BCUT2D eigenvalue weighted by molar-refractivity contribution is 0.459. The molecule has 0 heterocycles. The molecule has 0 aromatic heterocycles. The van der Waals surface area contributed by atoms with E-state index in [-0.39, 0.29) is 5.82 Å². The normalized spacial score (nSPS) is 13.2. The summed E-state index contributed by atoms with van der Waals surface area (Å²) in [5.41, 5.74) is 2.40. The molecular formula is C14H21F. The van der Waals surface area contributed by atoms with Crippen LogP contribution in [0.4, 0.5) is 4.39 Å². The molecule has 15 heavy (non-hydrogen) atoms. The van der Waals surface area contributed by atoms with Crippen molar-refractivity contribution in [1.82, 2.24) is 0 Å². The van der Waals surface area contributed by atoms with Gasteiger partial charge in [0.15, 0.2) is 0 Å². The minimum atomic E-state index is -0.114. The second-order valence-electron chi connectivity index (χ2n) is 4.64. The van der Waals surface area contributed by atoms with E-state index in [9.17, 15) is 4.39 Å². The van der Waals surface area contributed by atoms with Crippen LogP contribution in [-0.4, -0.2) is 0 Å². The molecule has 0 saturated carbocycles. The van der Waals surface area contributed by atoms with Crippen LogP contribution < -0.4 is 0 Å². The predicted molar refractivity (Wildman–Crippen MR) is 63.6 cm³/mol. The Morgan fingerprint density at radius 1 is 1.27 bits per heavy atom. The topological polar surface area (TPSA) is 0 Å². The van der Waals surface area contributed by atoms with Gasteiger partial charge in [-0.25, -0.2) is 4.39 Å². The number of rotatable bonds is 4. The lowest BCUT2D eigenvalue weighted by Crippen LogP contribution is -2.08. The molecule has 0 amide bonds. The Hall–Kier alpha value is -0.850. The van der Waals surface area contributed by atoms with Gasteiger partial charge in [-0.1, -0.05) is 33.3 Å². The Morgan fingerprint density at radius 2 is 1.93 bits per heavy atom. The molecule has 0 spiro atoms. The summed E-state index contributed by atoms with van der Waals surface area (Å²) in [6.45, 7) is 8.68. The highest BCUT2D eigenvalue weighted by atomic mass is 19.1. The van der Waals surface area contributed by atoms with E-state index in [0.717, 1.165) is 12.8 Å². The van der Waals surface area contributed by atoms with Crippen molar-refractivity contribution in [3.8, 4) is 0 Å². The maximum absolute atomic E-state index is 13.2. The first-order valence-corrected chi connectivity index (χ1v) is 5.82. The van der Waals surface area contributed by atoms with E-state index in [1.165, 1.54) is 11.1 Å². The fourth-order valence-corrected chi connectivity index (χ4v) is 2.17. The van der Waals surface area contributed by atoms with E-state index in [0.29, 0.717) is 11.8 Å². The summed E-state index contributed by atoms with van der Waals surface area (Å²) in [4.78, 5) is 0. The number of hydrogen-bond acceptors (Lipinski definition) is 0. The van der Waals surface area contributed by atoms with E-state index < -0.39 is 0 Å². The lowest BCUT2D eigenvalue weighted by Gasteiger charge is -2.22. The van der Waals surface area contributed by atoms with Crippen LogP contribution in [-0.2, 0) is 0 Å². The van der Waals surface area contributed by atoms with Gasteiger partial charge in [-0.05, 0) is 48.4 Å². The average molecular weight is 208 g/mol. The first-order valence-electron chi connectivity index (χ1n) is 5.82. The van der Waals surface area contributed by atoms with Gasteiger partial charge in [0.1, 0.15) is 5.82 Å². The summed E-state index contributed by atoms with van der Waals surface area (Å²) in [5.74, 6) is 0.952. The maximum Gasteiger partial charge on any atom is 0.123 e. The standard InChI is InChI=1S/C14H21F/c1-5-6-13(10(2)3)14-9-12(15)8-7-11(14)4/h7-10,13H,5-6H2,1-4H3. The van der Waals surface area contributed by atoms with Crippen LogP contribution in [0.25, 0.3) is 0 Å². The molecule has 84 valence electrons. The van der Waals surface area contributed by atoms with Crippen LogP contribution in [0.15, 0.2) is 18.2 Å². The SMILES string of the molecule is CCCC(c1cc(F)ccc1C)C(C)C. The van der Waals surface area contributed by atoms with Crippen LogP contribution in [0.2, 0.25) is 0 Å². The summed E-state index contributed by atoms with van der Waals surface area (Å²) >= 11 is 0. The summed E-state index contributed by atoms with van der Waals surface area (Å²) in [5, 5.41) is 0. The van der Waals surface area contributed by atoms with Crippen molar-refractivity contribution in [2.24, 2.45) is 5.92 Å². The Balaban J connectivity index is 3.04. The number of hydrogen-bond donors (Lipinski definition) is 0. The molecule has 0 fully saturated rings. The van der Waals surface area contributed by atoms with Gasteiger partial charge in [-0.15, -0.1) is 0 Å². The largest absolute Gasteiger partial charge is 0.207 e. The molecule has 1 rings (SSSR count). The zero-order chi connectivity index (χ0) is 11.4. The first-order chi connectivity index (χ1) is 7.06. The van der Waals surface area contributed by atoms with Crippen LogP contribution in [0.1, 0.15) is 50.7 Å². The minimum absolute atomic E-state index is 0.114. The zero-order valence-corrected chi connectivity index (χ0v) is 10.2. The van der Waals surface area contributed by atoms with Gasteiger partial charge in [0.25, 0.3) is 0 Å². The molecule has 0 bridgehead atoms. The highest BCUT2D eigenvalue weighted by molar-refractivity contribution is 5.30. The monoisotopic (exact) mass is 208 g/mol. The average Bonchev–Trinajstić information content (AvgIpc) is 2.18. The van der Waals surface area contributed by atoms with Gasteiger partial charge in [0, 0.05) is 0 Å².